The molecule has 1 aromatic rings. The lowest BCUT2D eigenvalue weighted by Crippen LogP contribution is -2.18. The highest BCUT2D eigenvalue weighted by Gasteiger charge is 2.14. The molecule has 4 nitrogen and oxygen atoms in total. The largest absolute Gasteiger partial charge is 0.393 e. The summed E-state index contributed by atoms with van der Waals surface area (Å²) in [6.07, 6.45) is -0.452. The molecule has 0 aliphatic heterocycles. The Hall–Kier alpha value is -0.910. The average molecular weight is 243 g/mol. The number of benzene rings is 1. The molecule has 0 saturated carbocycles. The minimum absolute atomic E-state index is 0.00802. The Morgan fingerprint density at radius 2 is 1.69 bits per heavy atom. The summed E-state index contributed by atoms with van der Waals surface area (Å²) in [5.41, 5.74) is 0.921. The number of nitrogens with one attached hydrogen (secondary N) is 1. The van der Waals surface area contributed by atoms with Gasteiger partial charge < -0.3 is 5.11 Å². The Morgan fingerprint density at radius 3 is 2.06 bits per heavy atom. The van der Waals surface area contributed by atoms with Gasteiger partial charge >= 0.3 is 0 Å². The van der Waals surface area contributed by atoms with E-state index in [0.717, 1.165) is 5.56 Å². The van der Waals surface area contributed by atoms with Crippen molar-refractivity contribution in [1.29, 1.82) is 0 Å². The summed E-state index contributed by atoms with van der Waals surface area (Å²) >= 11 is 0. The summed E-state index contributed by atoms with van der Waals surface area (Å²) in [6, 6.07) is 6.53. The second-order valence-electron chi connectivity index (χ2n) is 3.81. The molecule has 0 amide bonds. The summed E-state index contributed by atoms with van der Waals surface area (Å²) < 4.78 is 25.2. The molecule has 0 aromatic heterocycles. The summed E-state index contributed by atoms with van der Waals surface area (Å²) in [7, 11) is -2.00. The standard InChI is InChI=1S/C11H17NO3S/c1-8(9(2)13)10-4-6-11(7-5-10)16(14,15)12-3/h4-9,12-13H,1-3H3. The van der Waals surface area contributed by atoms with Crippen molar-refractivity contribution in [3.05, 3.63) is 29.8 Å². The maximum absolute atomic E-state index is 11.5. The van der Waals surface area contributed by atoms with Crippen LogP contribution < -0.4 is 4.72 Å². The van der Waals surface area contributed by atoms with Crippen LogP contribution in [-0.4, -0.2) is 26.7 Å². The first-order chi connectivity index (χ1) is 7.38. The zero-order valence-electron chi connectivity index (χ0n) is 9.64. The van der Waals surface area contributed by atoms with E-state index >= 15 is 0 Å². The van der Waals surface area contributed by atoms with E-state index in [9.17, 15) is 13.5 Å². The molecule has 0 fully saturated rings. The number of rotatable bonds is 4. The molecule has 0 spiro atoms. The van der Waals surface area contributed by atoms with Gasteiger partial charge in [0.25, 0.3) is 0 Å². The van der Waals surface area contributed by atoms with E-state index in [-0.39, 0.29) is 10.8 Å². The fourth-order valence-electron chi connectivity index (χ4n) is 1.35. The van der Waals surface area contributed by atoms with Crippen LogP contribution in [0.3, 0.4) is 0 Å². The Morgan fingerprint density at radius 1 is 1.19 bits per heavy atom. The lowest BCUT2D eigenvalue weighted by atomic mass is 9.97. The fourth-order valence-corrected chi connectivity index (χ4v) is 2.08. The zero-order valence-corrected chi connectivity index (χ0v) is 10.5. The molecule has 5 heteroatoms. The quantitative estimate of drug-likeness (QED) is 0.831. The molecule has 16 heavy (non-hydrogen) atoms. The van der Waals surface area contributed by atoms with E-state index in [4.69, 9.17) is 0 Å². The van der Waals surface area contributed by atoms with Gasteiger partial charge in [-0.05, 0) is 31.7 Å². The van der Waals surface area contributed by atoms with Crippen LogP contribution in [-0.2, 0) is 10.0 Å². The van der Waals surface area contributed by atoms with Gasteiger partial charge in [0.1, 0.15) is 0 Å². The normalized spacial score (nSPS) is 15.8. The first-order valence-corrected chi connectivity index (χ1v) is 6.58. The molecule has 2 unspecified atom stereocenters. The molecule has 0 aliphatic carbocycles. The van der Waals surface area contributed by atoms with Crippen molar-refractivity contribution in [3.63, 3.8) is 0 Å². The first kappa shape index (κ1) is 13.2. The summed E-state index contributed by atoms with van der Waals surface area (Å²) in [5, 5.41) is 9.42. The van der Waals surface area contributed by atoms with Gasteiger partial charge in [-0.15, -0.1) is 0 Å². The van der Waals surface area contributed by atoms with E-state index in [2.05, 4.69) is 4.72 Å². The van der Waals surface area contributed by atoms with Crippen LogP contribution in [0, 0.1) is 0 Å². The molecule has 90 valence electrons. The lowest BCUT2D eigenvalue weighted by Gasteiger charge is -2.15. The predicted molar refractivity (Wildman–Crippen MR) is 62.8 cm³/mol. The predicted octanol–water partition coefficient (Wildman–Crippen LogP) is 1.08. The molecule has 1 aromatic carbocycles. The average Bonchev–Trinajstić information content (AvgIpc) is 2.28. The van der Waals surface area contributed by atoms with E-state index in [1.807, 2.05) is 6.92 Å². The van der Waals surface area contributed by atoms with E-state index < -0.39 is 16.1 Å². The van der Waals surface area contributed by atoms with Gasteiger partial charge in [0.05, 0.1) is 11.0 Å². The fraction of sp³-hybridized carbons (Fsp3) is 0.455. The van der Waals surface area contributed by atoms with Crippen LogP contribution >= 0.6 is 0 Å². The van der Waals surface area contributed by atoms with Crippen molar-refractivity contribution < 1.29 is 13.5 Å². The van der Waals surface area contributed by atoms with E-state index in [1.165, 1.54) is 7.05 Å². The number of aliphatic hydroxyl groups excluding tert-OH is 1. The van der Waals surface area contributed by atoms with Crippen LogP contribution in [0.1, 0.15) is 25.3 Å². The number of hydrogen-bond acceptors (Lipinski definition) is 3. The molecular formula is C11H17NO3S. The second kappa shape index (κ2) is 4.95. The Labute approximate surface area is 96.4 Å². The van der Waals surface area contributed by atoms with Crippen LogP contribution in [0.4, 0.5) is 0 Å². The van der Waals surface area contributed by atoms with Crippen molar-refractivity contribution in [1.82, 2.24) is 4.72 Å². The smallest absolute Gasteiger partial charge is 0.240 e. The van der Waals surface area contributed by atoms with Crippen molar-refractivity contribution in [2.75, 3.05) is 7.05 Å². The highest BCUT2D eigenvalue weighted by atomic mass is 32.2. The summed E-state index contributed by atoms with van der Waals surface area (Å²) in [5.74, 6) is -0.00802. The highest BCUT2D eigenvalue weighted by Crippen LogP contribution is 2.20. The van der Waals surface area contributed by atoms with Gasteiger partial charge in [0, 0.05) is 5.92 Å². The lowest BCUT2D eigenvalue weighted by molar-refractivity contribution is 0.169. The van der Waals surface area contributed by atoms with Gasteiger partial charge in [-0.25, -0.2) is 13.1 Å². The molecule has 1 rings (SSSR count). The second-order valence-corrected chi connectivity index (χ2v) is 5.69. The van der Waals surface area contributed by atoms with Crippen LogP contribution in [0.25, 0.3) is 0 Å². The molecular weight excluding hydrogens is 226 g/mol. The SMILES string of the molecule is CNS(=O)(=O)c1ccc(C(C)C(C)O)cc1. The van der Waals surface area contributed by atoms with Gasteiger partial charge in [0.15, 0.2) is 0 Å². The molecule has 0 heterocycles. The third-order valence-corrected chi connectivity index (χ3v) is 4.14. The molecule has 2 N–H and O–H groups in total. The highest BCUT2D eigenvalue weighted by molar-refractivity contribution is 7.89. The summed E-state index contributed by atoms with van der Waals surface area (Å²) in [4.78, 5) is 0.233. The maximum atomic E-state index is 11.5. The first-order valence-electron chi connectivity index (χ1n) is 5.10. The molecule has 0 radical (unpaired) electrons. The van der Waals surface area contributed by atoms with Gasteiger partial charge in [-0.2, -0.15) is 0 Å². The van der Waals surface area contributed by atoms with Crippen LogP contribution in [0.15, 0.2) is 29.2 Å². The van der Waals surface area contributed by atoms with Crippen LogP contribution in [0.2, 0.25) is 0 Å². The van der Waals surface area contributed by atoms with Crippen molar-refractivity contribution >= 4 is 10.0 Å². The minimum Gasteiger partial charge on any atom is -0.393 e. The van der Waals surface area contributed by atoms with Gasteiger partial charge in [0.2, 0.25) is 10.0 Å². The molecule has 0 aliphatic rings. The van der Waals surface area contributed by atoms with Crippen molar-refractivity contribution in [2.24, 2.45) is 0 Å². The molecule has 2 atom stereocenters. The molecule has 0 saturated heterocycles. The topological polar surface area (TPSA) is 66.4 Å². The maximum Gasteiger partial charge on any atom is 0.240 e. The number of aliphatic hydroxyl groups is 1. The monoisotopic (exact) mass is 243 g/mol. The summed E-state index contributed by atoms with van der Waals surface area (Å²) in [6.45, 7) is 3.61. The van der Waals surface area contributed by atoms with E-state index in [0.29, 0.717) is 0 Å². The van der Waals surface area contributed by atoms with Crippen molar-refractivity contribution in [2.45, 2.75) is 30.8 Å². The number of hydrogen-bond donors (Lipinski definition) is 2. The van der Waals surface area contributed by atoms with Crippen molar-refractivity contribution in [3.8, 4) is 0 Å². The van der Waals surface area contributed by atoms with E-state index in [1.54, 1.807) is 31.2 Å². The Bertz CT molecular complexity index is 437. The third kappa shape index (κ3) is 2.81. The molecule has 0 bridgehead atoms. The van der Waals surface area contributed by atoms with Crippen LogP contribution in [0.5, 0.6) is 0 Å². The minimum atomic E-state index is -3.37. The number of sulfonamides is 1. The zero-order chi connectivity index (χ0) is 12.3. The Kier molecular flexibility index (Phi) is 4.07. The Balaban J connectivity index is 3.01. The third-order valence-electron chi connectivity index (χ3n) is 2.71. The van der Waals surface area contributed by atoms with Gasteiger partial charge in [-0.1, -0.05) is 19.1 Å². The van der Waals surface area contributed by atoms with Gasteiger partial charge in [-0.3, -0.25) is 0 Å².